The molecule has 0 aromatic heterocycles. The Hall–Kier alpha value is -0.670. The Morgan fingerprint density at radius 2 is 1.70 bits per heavy atom. The van der Waals surface area contributed by atoms with Crippen LogP contribution in [0.1, 0.15) is 0 Å². The quantitative estimate of drug-likeness (QED) is 0.390. The smallest absolute Gasteiger partial charge is 0.328 e. The number of halogens is 2. The summed E-state index contributed by atoms with van der Waals surface area (Å²) in [6.07, 6.45) is 1.61. The Bertz CT molecular complexity index is 191. The normalized spacial score (nSPS) is 9.80. The molecule has 5 heteroatoms. The molecular weight excluding hydrogens is 179 g/mol. The van der Waals surface area contributed by atoms with E-state index in [-0.39, 0.29) is 4.49 Å². The minimum Gasteiger partial charge on any atom is -0.505 e. The zero-order chi connectivity index (χ0) is 8.15. The summed E-state index contributed by atoms with van der Waals surface area (Å²) in [6, 6.07) is 0. The first kappa shape index (κ1) is 9.33. The molecule has 0 aliphatic rings. The van der Waals surface area contributed by atoms with Crippen LogP contribution < -0.4 is 0 Å². The highest BCUT2D eigenvalue weighted by Gasteiger charge is 1.94. The molecule has 0 aliphatic heterocycles. The highest BCUT2D eigenvalue weighted by atomic mass is 35.5. The van der Waals surface area contributed by atoms with Crippen LogP contribution in [0.15, 0.2) is 22.4 Å². The standard InChI is InChI=1S/C5H4Cl2O3/c6-5(7)3(8)1-2-4(9)10/h1-2,8H,(H,9,10)/b2-1+. The zero-order valence-corrected chi connectivity index (χ0v) is 6.23. The maximum atomic E-state index is 9.82. The first-order chi connectivity index (χ1) is 4.54. The second kappa shape index (κ2) is 4.19. The molecule has 0 rings (SSSR count). The van der Waals surface area contributed by atoms with Gasteiger partial charge < -0.3 is 10.2 Å². The van der Waals surface area contributed by atoms with Crippen LogP contribution in [-0.4, -0.2) is 16.2 Å². The van der Waals surface area contributed by atoms with Gasteiger partial charge in [0.2, 0.25) is 0 Å². The summed E-state index contributed by atoms with van der Waals surface area (Å²) in [5.74, 6) is -1.65. The summed E-state index contributed by atoms with van der Waals surface area (Å²) < 4.78 is -0.363. The van der Waals surface area contributed by atoms with Gasteiger partial charge in [0, 0.05) is 6.08 Å². The summed E-state index contributed by atoms with van der Waals surface area (Å²) in [5.41, 5.74) is 0. The third kappa shape index (κ3) is 4.23. The molecule has 0 aromatic carbocycles. The van der Waals surface area contributed by atoms with E-state index in [2.05, 4.69) is 0 Å². The molecule has 2 N–H and O–H groups in total. The van der Waals surface area contributed by atoms with Crippen LogP contribution >= 0.6 is 23.2 Å². The van der Waals surface area contributed by atoms with Crippen LogP contribution in [0.4, 0.5) is 0 Å². The molecule has 0 unspecified atom stereocenters. The van der Waals surface area contributed by atoms with E-state index < -0.39 is 11.7 Å². The Balaban J connectivity index is 4.16. The lowest BCUT2D eigenvalue weighted by Gasteiger charge is -1.87. The Labute approximate surface area is 67.2 Å². The third-order valence-corrected chi connectivity index (χ3v) is 0.965. The number of hydrogen-bond acceptors (Lipinski definition) is 2. The molecule has 0 amide bonds. The number of aliphatic carboxylic acids is 1. The predicted molar refractivity (Wildman–Crippen MR) is 38.1 cm³/mol. The number of carbonyl (C=O) groups is 1. The average Bonchev–Trinajstić information content (AvgIpc) is 1.82. The topological polar surface area (TPSA) is 57.5 Å². The van der Waals surface area contributed by atoms with E-state index >= 15 is 0 Å². The van der Waals surface area contributed by atoms with Crippen molar-refractivity contribution in [2.75, 3.05) is 0 Å². The van der Waals surface area contributed by atoms with Gasteiger partial charge in [-0.15, -0.1) is 0 Å². The van der Waals surface area contributed by atoms with Gasteiger partial charge in [-0.25, -0.2) is 4.79 Å². The van der Waals surface area contributed by atoms with Crippen LogP contribution in [0.3, 0.4) is 0 Å². The molecule has 0 saturated heterocycles. The lowest BCUT2D eigenvalue weighted by atomic mass is 10.4. The minimum absolute atomic E-state index is 0.363. The van der Waals surface area contributed by atoms with Crippen molar-refractivity contribution >= 4 is 29.2 Å². The Morgan fingerprint density at radius 3 is 2.00 bits per heavy atom. The summed E-state index contributed by atoms with van der Waals surface area (Å²) in [4.78, 5) is 9.82. The van der Waals surface area contributed by atoms with Gasteiger partial charge in [-0.3, -0.25) is 0 Å². The summed E-state index contributed by atoms with van der Waals surface area (Å²) in [6.45, 7) is 0. The SMILES string of the molecule is O=C(O)/C=C/C(O)=C(Cl)Cl. The van der Waals surface area contributed by atoms with Crippen LogP contribution in [-0.2, 0) is 4.79 Å². The number of aliphatic hydroxyl groups excluding tert-OH is 1. The molecule has 0 heterocycles. The molecule has 0 aliphatic carbocycles. The number of rotatable bonds is 2. The van der Waals surface area contributed by atoms with Crippen LogP contribution in [0.25, 0.3) is 0 Å². The number of allylic oxidation sites excluding steroid dienone is 1. The van der Waals surface area contributed by atoms with Gasteiger partial charge in [0.15, 0.2) is 0 Å². The van der Waals surface area contributed by atoms with E-state index in [1.807, 2.05) is 0 Å². The van der Waals surface area contributed by atoms with Crippen molar-refractivity contribution in [1.82, 2.24) is 0 Å². The molecule has 56 valence electrons. The van der Waals surface area contributed by atoms with Gasteiger partial charge in [0.05, 0.1) is 0 Å². The highest BCUT2D eigenvalue weighted by Crippen LogP contribution is 2.11. The molecule has 3 nitrogen and oxygen atoms in total. The number of hydrogen-bond donors (Lipinski definition) is 2. The van der Waals surface area contributed by atoms with Gasteiger partial charge in [-0.2, -0.15) is 0 Å². The van der Waals surface area contributed by atoms with Gasteiger partial charge in [0.25, 0.3) is 0 Å². The van der Waals surface area contributed by atoms with Crippen molar-refractivity contribution in [2.45, 2.75) is 0 Å². The van der Waals surface area contributed by atoms with Crippen molar-refractivity contribution in [1.29, 1.82) is 0 Å². The van der Waals surface area contributed by atoms with Crippen LogP contribution in [0.5, 0.6) is 0 Å². The fourth-order valence-corrected chi connectivity index (χ4v) is 0.339. The lowest BCUT2D eigenvalue weighted by Crippen LogP contribution is -1.86. The van der Waals surface area contributed by atoms with E-state index in [9.17, 15) is 4.79 Å². The molecular formula is C5H4Cl2O3. The van der Waals surface area contributed by atoms with Gasteiger partial charge in [-0.1, -0.05) is 23.2 Å². The number of carboxylic acid groups (broad SMARTS) is 1. The Kier molecular flexibility index (Phi) is 3.91. The highest BCUT2D eigenvalue weighted by molar-refractivity contribution is 6.56. The van der Waals surface area contributed by atoms with E-state index in [1.165, 1.54) is 0 Å². The molecule has 0 atom stereocenters. The van der Waals surface area contributed by atoms with Crippen molar-refractivity contribution in [3.63, 3.8) is 0 Å². The van der Waals surface area contributed by atoms with Crippen molar-refractivity contribution in [2.24, 2.45) is 0 Å². The second-order valence-electron chi connectivity index (χ2n) is 1.32. The molecule has 10 heavy (non-hydrogen) atoms. The maximum absolute atomic E-state index is 9.82. The zero-order valence-electron chi connectivity index (χ0n) is 4.71. The maximum Gasteiger partial charge on any atom is 0.328 e. The molecule has 0 saturated carbocycles. The van der Waals surface area contributed by atoms with Crippen LogP contribution in [0, 0.1) is 0 Å². The van der Waals surface area contributed by atoms with Gasteiger partial charge in [-0.05, 0) is 6.08 Å². The first-order valence-electron chi connectivity index (χ1n) is 2.19. The monoisotopic (exact) mass is 182 g/mol. The van der Waals surface area contributed by atoms with Gasteiger partial charge in [0.1, 0.15) is 10.3 Å². The summed E-state index contributed by atoms with van der Waals surface area (Å²) in [5, 5.41) is 16.7. The Morgan fingerprint density at radius 1 is 1.20 bits per heavy atom. The van der Waals surface area contributed by atoms with E-state index in [4.69, 9.17) is 33.4 Å². The van der Waals surface area contributed by atoms with E-state index in [1.54, 1.807) is 0 Å². The molecule has 0 aromatic rings. The summed E-state index contributed by atoms with van der Waals surface area (Å²) in [7, 11) is 0. The molecule has 0 bridgehead atoms. The largest absolute Gasteiger partial charge is 0.505 e. The molecule has 0 radical (unpaired) electrons. The van der Waals surface area contributed by atoms with Crippen molar-refractivity contribution in [3.8, 4) is 0 Å². The van der Waals surface area contributed by atoms with Crippen molar-refractivity contribution in [3.05, 3.63) is 22.4 Å². The second-order valence-corrected chi connectivity index (χ2v) is 2.27. The number of carboxylic acids is 1. The summed E-state index contributed by atoms with van der Waals surface area (Å²) >= 11 is 10.1. The minimum atomic E-state index is -1.18. The fourth-order valence-electron chi connectivity index (χ4n) is 0.213. The van der Waals surface area contributed by atoms with Crippen LogP contribution in [0.2, 0.25) is 0 Å². The first-order valence-corrected chi connectivity index (χ1v) is 2.95. The molecule has 0 fully saturated rings. The third-order valence-electron chi connectivity index (χ3n) is 0.577. The lowest BCUT2D eigenvalue weighted by molar-refractivity contribution is -0.131. The number of aliphatic hydroxyl groups is 1. The average molecular weight is 183 g/mol. The fraction of sp³-hybridized carbons (Fsp3) is 0. The molecule has 0 spiro atoms. The van der Waals surface area contributed by atoms with E-state index in [0.29, 0.717) is 0 Å². The van der Waals surface area contributed by atoms with E-state index in [0.717, 1.165) is 12.2 Å². The van der Waals surface area contributed by atoms with Gasteiger partial charge >= 0.3 is 5.97 Å². The van der Waals surface area contributed by atoms with Crippen molar-refractivity contribution < 1.29 is 15.0 Å². The predicted octanol–water partition coefficient (Wildman–Crippen LogP) is 1.83.